The van der Waals surface area contributed by atoms with E-state index in [2.05, 4.69) is 11.9 Å². The number of hydrogen-bond donors (Lipinski definition) is 1. The maximum absolute atomic E-state index is 5.45. The summed E-state index contributed by atoms with van der Waals surface area (Å²) in [5.74, 6) is 0. The van der Waals surface area contributed by atoms with Crippen molar-refractivity contribution in [1.29, 1.82) is 0 Å². The number of nitrogens with two attached hydrogens (primary N) is 1. The number of ether oxygens (including phenoxy) is 1. The highest BCUT2D eigenvalue weighted by Gasteiger charge is 1.99. The zero-order valence-electron chi connectivity index (χ0n) is 7.25. The van der Waals surface area contributed by atoms with Crippen molar-refractivity contribution in [2.45, 2.75) is 26.5 Å². The average molecular weight is 186 g/mol. The Bertz CT molecular complexity index is 225. The molecule has 0 saturated heterocycles. The molecule has 1 heterocycles. The fraction of sp³-hybridized carbons (Fsp3) is 0.625. The quantitative estimate of drug-likeness (QED) is 0.709. The number of thiazole rings is 1. The van der Waals surface area contributed by atoms with Crippen molar-refractivity contribution in [3.05, 3.63) is 16.1 Å². The zero-order chi connectivity index (χ0) is 8.81. The van der Waals surface area contributed by atoms with E-state index in [9.17, 15) is 0 Å². The van der Waals surface area contributed by atoms with Gasteiger partial charge in [-0.2, -0.15) is 0 Å². The van der Waals surface area contributed by atoms with Crippen LogP contribution in [0.2, 0.25) is 0 Å². The van der Waals surface area contributed by atoms with Gasteiger partial charge in [-0.3, -0.25) is 0 Å². The van der Waals surface area contributed by atoms with E-state index in [1.54, 1.807) is 11.3 Å². The minimum Gasteiger partial charge on any atom is -0.374 e. The minimum atomic E-state index is 0.575. The third kappa shape index (κ3) is 2.89. The Morgan fingerprint density at radius 1 is 1.67 bits per heavy atom. The van der Waals surface area contributed by atoms with Crippen LogP contribution in [-0.2, 0) is 17.9 Å². The van der Waals surface area contributed by atoms with E-state index in [4.69, 9.17) is 10.5 Å². The van der Waals surface area contributed by atoms with Gasteiger partial charge in [0, 0.05) is 24.2 Å². The van der Waals surface area contributed by atoms with E-state index in [0.717, 1.165) is 22.9 Å². The van der Waals surface area contributed by atoms with E-state index in [1.807, 2.05) is 6.20 Å². The number of hydrogen-bond acceptors (Lipinski definition) is 4. The van der Waals surface area contributed by atoms with Crippen molar-refractivity contribution in [2.24, 2.45) is 5.73 Å². The molecule has 0 atom stereocenters. The highest BCUT2D eigenvalue weighted by atomic mass is 32.1. The second-order valence-corrected chi connectivity index (χ2v) is 3.68. The summed E-state index contributed by atoms with van der Waals surface area (Å²) in [7, 11) is 0. The van der Waals surface area contributed by atoms with Crippen LogP contribution in [0.15, 0.2) is 6.20 Å². The first kappa shape index (κ1) is 9.64. The van der Waals surface area contributed by atoms with E-state index in [-0.39, 0.29) is 0 Å². The monoisotopic (exact) mass is 186 g/mol. The van der Waals surface area contributed by atoms with Crippen molar-refractivity contribution in [3.8, 4) is 0 Å². The van der Waals surface area contributed by atoms with Gasteiger partial charge in [0.1, 0.15) is 5.01 Å². The molecule has 0 aromatic carbocycles. The van der Waals surface area contributed by atoms with Gasteiger partial charge in [0.05, 0.1) is 6.61 Å². The van der Waals surface area contributed by atoms with Gasteiger partial charge < -0.3 is 10.5 Å². The molecule has 2 N–H and O–H groups in total. The molecule has 4 heteroatoms. The maximum atomic E-state index is 5.45. The molecule has 0 aliphatic rings. The Labute approximate surface area is 76.6 Å². The Hall–Kier alpha value is -0.450. The lowest BCUT2D eigenvalue weighted by molar-refractivity contribution is 0.121. The predicted octanol–water partition coefficient (Wildman–Crippen LogP) is 1.53. The Balaban J connectivity index is 2.31. The molecule has 1 aromatic rings. The summed E-state index contributed by atoms with van der Waals surface area (Å²) in [5.41, 5.74) is 5.45. The molecular formula is C8H14N2OS. The molecule has 0 aliphatic carbocycles. The maximum Gasteiger partial charge on any atom is 0.119 e. The van der Waals surface area contributed by atoms with Gasteiger partial charge in [-0.15, -0.1) is 11.3 Å². The van der Waals surface area contributed by atoms with E-state index >= 15 is 0 Å². The van der Waals surface area contributed by atoms with Crippen LogP contribution in [0, 0.1) is 0 Å². The number of rotatable bonds is 5. The smallest absolute Gasteiger partial charge is 0.119 e. The largest absolute Gasteiger partial charge is 0.374 e. The molecule has 0 radical (unpaired) electrons. The van der Waals surface area contributed by atoms with Crippen LogP contribution in [0.3, 0.4) is 0 Å². The zero-order valence-corrected chi connectivity index (χ0v) is 8.06. The predicted molar refractivity (Wildman–Crippen MR) is 50.0 cm³/mol. The molecule has 12 heavy (non-hydrogen) atoms. The van der Waals surface area contributed by atoms with Gasteiger partial charge in [0.2, 0.25) is 0 Å². The van der Waals surface area contributed by atoms with Crippen LogP contribution in [0.1, 0.15) is 23.2 Å². The Kier molecular flexibility index (Phi) is 4.21. The van der Waals surface area contributed by atoms with Crippen LogP contribution in [-0.4, -0.2) is 11.6 Å². The van der Waals surface area contributed by atoms with Crippen LogP contribution in [0.25, 0.3) is 0 Å². The molecule has 0 fully saturated rings. The highest BCUT2D eigenvalue weighted by Crippen LogP contribution is 2.12. The van der Waals surface area contributed by atoms with Crippen LogP contribution >= 0.6 is 11.3 Å². The Morgan fingerprint density at radius 2 is 2.50 bits per heavy atom. The summed E-state index contributed by atoms with van der Waals surface area (Å²) in [6.45, 7) is 4.09. The van der Waals surface area contributed by atoms with Crippen molar-refractivity contribution < 1.29 is 4.74 Å². The standard InChI is InChI=1S/C8H14N2OS/c1-2-3-11-6-8-10-5-7(4-9)12-8/h5H,2-4,6,9H2,1H3. The lowest BCUT2D eigenvalue weighted by Crippen LogP contribution is -1.92. The topological polar surface area (TPSA) is 48.1 Å². The van der Waals surface area contributed by atoms with Gasteiger partial charge in [-0.1, -0.05) is 6.92 Å². The van der Waals surface area contributed by atoms with Crippen molar-refractivity contribution in [3.63, 3.8) is 0 Å². The molecule has 0 spiro atoms. The third-order valence-electron chi connectivity index (χ3n) is 1.38. The molecule has 0 amide bonds. The molecule has 0 aliphatic heterocycles. The summed E-state index contributed by atoms with van der Waals surface area (Å²) in [6.07, 6.45) is 2.87. The van der Waals surface area contributed by atoms with Crippen molar-refractivity contribution in [1.82, 2.24) is 4.98 Å². The second kappa shape index (κ2) is 5.24. The molecular weight excluding hydrogens is 172 g/mol. The van der Waals surface area contributed by atoms with Gasteiger partial charge in [0.15, 0.2) is 0 Å². The van der Waals surface area contributed by atoms with Gasteiger partial charge >= 0.3 is 0 Å². The first-order valence-electron chi connectivity index (χ1n) is 4.08. The molecule has 0 saturated carbocycles. The van der Waals surface area contributed by atoms with Crippen molar-refractivity contribution >= 4 is 11.3 Å². The van der Waals surface area contributed by atoms with E-state index in [0.29, 0.717) is 13.2 Å². The van der Waals surface area contributed by atoms with Gasteiger partial charge in [-0.05, 0) is 6.42 Å². The van der Waals surface area contributed by atoms with Crippen LogP contribution in [0.4, 0.5) is 0 Å². The molecule has 0 unspecified atom stereocenters. The van der Waals surface area contributed by atoms with E-state index < -0.39 is 0 Å². The van der Waals surface area contributed by atoms with E-state index in [1.165, 1.54) is 0 Å². The molecule has 1 rings (SSSR count). The lowest BCUT2D eigenvalue weighted by atomic mass is 10.5. The summed E-state index contributed by atoms with van der Waals surface area (Å²) >= 11 is 1.62. The first-order chi connectivity index (χ1) is 5.86. The summed E-state index contributed by atoms with van der Waals surface area (Å²) in [6, 6.07) is 0. The third-order valence-corrected chi connectivity index (χ3v) is 2.37. The number of aromatic nitrogens is 1. The lowest BCUT2D eigenvalue weighted by Gasteiger charge is -1.96. The molecule has 0 bridgehead atoms. The fourth-order valence-electron chi connectivity index (χ4n) is 0.813. The van der Waals surface area contributed by atoms with Crippen LogP contribution in [0.5, 0.6) is 0 Å². The number of nitrogens with zero attached hydrogens (tertiary/aromatic N) is 1. The van der Waals surface area contributed by atoms with Crippen LogP contribution < -0.4 is 5.73 Å². The fourth-order valence-corrected chi connectivity index (χ4v) is 1.55. The normalized spacial score (nSPS) is 10.5. The Morgan fingerprint density at radius 3 is 3.08 bits per heavy atom. The van der Waals surface area contributed by atoms with Gasteiger partial charge in [0.25, 0.3) is 0 Å². The van der Waals surface area contributed by atoms with Crippen molar-refractivity contribution in [2.75, 3.05) is 6.61 Å². The molecule has 68 valence electrons. The highest BCUT2D eigenvalue weighted by molar-refractivity contribution is 7.11. The minimum absolute atomic E-state index is 0.575. The second-order valence-electron chi connectivity index (χ2n) is 2.48. The SMILES string of the molecule is CCCOCc1ncc(CN)s1. The summed E-state index contributed by atoms with van der Waals surface area (Å²) in [4.78, 5) is 5.29. The molecule has 3 nitrogen and oxygen atoms in total. The van der Waals surface area contributed by atoms with Gasteiger partial charge in [-0.25, -0.2) is 4.98 Å². The first-order valence-corrected chi connectivity index (χ1v) is 4.90. The summed E-state index contributed by atoms with van der Waals surface area (Å²) in [5, 5.41) is 1.02. The average Bonchev–Trinajstić information content (AvgIpc) is 2.53. The summed E-state index contributed by atoms with van der Waals surface area (Å²) < 4.78 is 5.33. The molecule has 1 aromatic heterocycles.